The number of anilines is 2. The molecule has 0 aliphatic heterocycles. The maximum absolute atomic E-state index is 12.0. The highest BCUT2D eigenvalue weighted by atomic mass is 35.5. The lowest BCUT2D eigenvalue weighted by Gasteiger charge is -2.15. The number of nitrogens with one attached hydrogen (secondary N) is 2. The van der Waals surface area contributed by atoms with E-state index in [4.69, 9.17) is 11.6 Å². The molecule has 0 saturated heterocycles. The van der Waals surface area contributed by atoms with Gasteiger partial charge in [-0.25, -0.2) is 0 Å². The third-order valence-electron chi connectivity index (χ3n) is 2.45. The zero-order chi connectivity index (χ0) is 14.0. The second kappa shape index (κ2) is 5.10. The lowest BCUT2D eigenvalue weighted by Crippen LogP contribution is -2.14. The second-order valence-electron chi connectivity index (χ2n) is 4.09. The van der Waals surface area contributed by atoms with Gasteiger partial charge in [0.1, 0.15) is 0 Å². The van der Waals surface area contributed by atoms with E-state index < -0.39 is 10.0 Å². The number of aromatic amines is 1. The predicted molar refractivity (Wildman–Crippen MR) is 75.2 cm³/mol. The predicted octanol–water partition coefficient (Wildman–Crippen LogP) is 1.93. The van der Waals surface area contributed by atoms with Crippen molar-refractivity contribution in [3.8, 4) is 0 Å². The fourth-order valence-corrected chi connectivity index (χ4v) is 2.85. The van der Waals surface area contributed by atoms with Crippen molar-refractivity contribution >= 4 is 33.0 Å². The summed E-state index contributed by atoms with van der Waals surface area (Å²) in [6, 6.07) is 6.32. The summed E-state index contributed by atoms with van der Waals surface area (Å²) < 4.78 is 26.3. The maximum atomic E-state index is 12.0. The van der Waals surface area contributed by atoms with Crippen LogP contribution in [0.2, 0.25) is 5.02 Å². The number of aromatic nitrogens is 2. The highest BCUT2D eigenvalue weighted by molar-refractivity contribution is 7.92. The molecule has 1 heterocycles. The fraction of sp³-hybridized carbons (Fsp3) is 0.182. The molecule has 0 bridgehead atoms. The van der Waals surface area contributed by atoms with Crippen molar-refractivity contribution in [3.05, 3.63) is 35.5 Å². The van der Waals surface area contributed by atoms with Gasteiger partial charge in [-0.15, -0.1) is 0 Å². The number of rotatable bonds is 4. The zero-order valence-electron chi connectivity index (χ0n) is 10.4. The van der Waals surface area contributed by atoms with Crippen LogP contribution < -0.4 is 9.62 Å². The Morgan fingerprint density at radius 1 is 1.32 bits per heavy atom. The lowest BCUT2D eigenvalue weighted by molar-refractivity contribution is 0.597. The van der Waals surface area contributed by atoms with Crippen molar-refractivity contribution in [1.82, 2.24) is 10.2 Å². The smallest absolute Gasteiger partial charge is 0.278 e. The van der Waals surface area contributed by atoms with E-state index >= 15 is 0 Å². The van der Waals surface area contributed by atoms with Crippen LogP contribution in [0.5, 0.6) is 0 Å². The van der Waals surface area contributed by atoms with Gasteiger partial charge < -0.3 is 4.90 Å². The first-order valence-electron chi connectivity index (χ1n) is 5.39. The SMILES string of the molecule is CN(C)c1ccc(NS(=O)(=O)c2ccn[nH]2)cc1Cl. The molecule has 0 aliphatic rings. The van der Waals surface area contributed by atoms with Gasteiger partial charge in [0.25, 0.3) is 10.0 Å². The molecule has 0 fully saturated rings. The van der Waals surface area contributed by atoms with Crippen molar-refractivity contribution in [1.29, 1.82) is 0 Å². The van der Waals surface area contributed by atoms with Gasteiger partial charge in [0, 0.05) is 14.1 Å². The molecular weight excluding hydrogens is 288 g/mol. The Labute approximate surface area is 116 Å². The molecule has 19 heavy (non-hydrogen) atoms. The van der Waals surface area contributed by atoms with Gasteiger partial charge in [0.05, 0.1) is 22.6 Å². The summed E-state index contributed by atoms with van der Waals surface area (Å²) in [6.45, 7) is 0. The van der Waals surface area contributed by atoms with E-state index in [0.29, 0.717) is 10.7 Å². The molecule has 2 N–H and O–H groups in total. The van der Waals surface area contributed by atoms with Gasteiger partial charge in [-0.05, 0) is 24.3 Å². The van der Waals surface area contributed by atoms with Crippen molar-refractivity contribution < 1.29 is 8.42 Å². The maximum Gasteiger partial charge on any atom is 0.278 e. The fourth-order valence-electron chi connectivity index (χ4n) is 1.54. The molecular formula is C11H13ClN4O2S. The molecule has 8 heteroatoms. The second-order valence-corrected chi connectivity index (χ2v) is 6.15. The van der Waals surface area contributed by atoms with Crippen LogP contribution in [0.1, 0.15) is 0 Å². The highest BCUT2D eigenvalue weighted by Gasteiger charge is 2.16. The number of sulfonamides is 1. The number of H-pyrrole nitrogens is 1. The molecule has 0 amide bonds. The molecule has 0 aliphatic carbocycles. The van der Waals surface area contributed by atoms with Gasteiger partial charge in [-0.2, -0.15) is 13.5 Å². The summed E-state index contributed by atoms with van der Waals surface area (Å²) in [6.07, 6.45) is 1.37. The molecule has 6 nitrogen and oxygen atoms in total. The molecule has 1 aromatic carbocycles. The minimum atomic E-state index is -3.66. The van der Waals surface area contributed by atoms with Gasteiger partial charge in [-0.3, -0.25) is 9.82 Å². The summed E-state index contributed by atoms with van der Waals surface area (Å²) in [4.78, 5) is 1.84. The summed E-state index contributed by atoms with van der Waals surface area (Å²) in [5.74, 6) is 0. The van der Waals surface area contributed by atoms with E-state index in [-0.39, 0.29) is 5.03 Å². The lowest BCUT2D eigenvalue weighted by atomic mass is 10.3. The Balaban J connectivity index is 2.28. The molecule has 1 aromatic heterocycles. The third-order valence-corrected chi connectivity index (χ3v) is 4.06. The van der Waals surface area contributed by atoms with Crippen LogP contribution in [0.15, 0.2) is 35.5 Å². The zero-order valence-corrected chi connectivity index (χ0v) is 12.0. The Kier molecular flexibility index (Phi) is 3.68. The van der Waals surface area contributed by atoms with Crippen molar-refractivity contribution in [2.24, 2.45) is 0 Å². The quantitative estimate of drug-likeness (QED) is 0.904. The van der Waals surface area contributed by atoms with Crippen molar-refractivity contribution in [2.75, 3.05) is 23.7 Å². The Morgan fingerprint density at radius 3 is 2.58 bits per heavy atom. The van der Waals surface area contributed by atoms with Crippen molar-refractivity contribution in [2.45, 2.75) is 5.03 Å². The van der Waals surface area contributed by atoms with Crippen molar-refractivity contribution in [3.63, 3.8) is 0 Å². The summed E-state index contributed by atoms with van der Waals surface area (Å²) in [7, 11) is 0.0534. The van der Waals surface area contributed by atoms with Gasteiger partial charge in [0.15, 0.2) is 5.03 Å². The van der Waals surface area contributed by atoms with E-state index in [1.807, 2.05) is 19.0 Å². The average Bonchev–Trinajstić information content (AvgIpc) is 2.81. The molecule has 2 aromatic rings. The van der Waals surface area contributed by atoms with Crippen LogP contribution in [-0.4, -0.2) is 32.7 Å². The molecule has 0 spiro atoms. The number of benzene rings is 1. The van der Waals surface area contributed by atoms with Gasteiger partial charge >= 0.3 is 0 Å². The monoisotopic (exact) mass is 300 g/mol. The first kappa shape index (κ1) is 13.7. The minimum Gasteiger partial charge on any atom is -0.376 e. The highest BCUT2D eigenvalue weighted by Crippen LogP contribution is 2.28. The van der Waals surface area contributed by atoms with E-state index in [1.54, 1.807) is 18.2 Å². The van der Waals surface area contributed by atoms with Crippen LogP contribution in [0.4, 0.5) is 11.4 Å². The number of hydrogen-bond donors (Lipinski definition) is 2. The van der Waals surface area contributed by atoms with E-state index in [2.05, 4.69) is 14.9 Å². The first-order chi connectivity index (χ1) is 8.90. The normalized spacial score (nSPS) is 11.3. The number of nitrogens with zero attached hydrogens (tertiary/aromatic N) is 2. The van der Waals surface area contributed by atoms with E-state index in [0.717, 1.165) is 5.69 Å². The summed E-state index contributed by atoms with van der Waals surface area (Å²) in [5.41, 5.74) is 1.20. The van der Waals surface area contributed by atoms with Crippen LogP contribution in [0.25, 0.3) is 0 Å². The first-order valence-corrected chi connectivity index (χ1v) is 7.25. The molecule has 102 valence electrons. The standard InChI is InChI=1S/C11H13ClN4O2S/c1-16(2)10-4-3-8(7-9(10)12)15-19(17,18)11-5-6-13-14-11/h3-7,15H,1-2H3,(H,13,14). The number of halogens is 1. The summed E-state index contributed by atoms with van der Waals surface area (Å²) in [5, 5.41) is 6.48. The molecule has 0 unspecified atom stereocenters. The Hall–Kier alpha value is -1.73. The largest absolute Gasteiger partial charge is 0.376 e. The topological polar surface area (TPSA) is 78.1 Å². The molecule has 0 radical (unpaired) electrons. The molecule has 0 atom stereocenters. The number of hydrogen-bond acceptors (Lipinski definition) is 4. The Bertz CT molecular complexity index is 668. The Morgan fingerprint density at radius 2 is 2.05 bits per heavy atom. The molecule has 2 rings (SSSR count). The van der Waals surface area contributed by atoms with Crippen LogP contribution in [0.3, 0.4) is 0 Å². The average molecular weight is 301 g/mol. The van der Waals surface area contributed by atoms with Crippen LogP contribution in [0, 0.1) is 0 Å². The van der Waals surface area contributed by atoms with E-state index in [1.165, 1.54) is 12.3 Å². The van der Waals surface area contributed by atoms with Gasteiger partial charge in [-0.1, -0.05) is 11.6 Å². The van der Waals surface area contributed by atoms with E-state index in [9.17, 15) is 8.42 Å². The van der Waals surface area contributed by atoms with Crippen LogP contribution >= 0.6 is 11.6 Å². The summed E-state index contributed by atoms with van der Waals surface area (Å²) >= 11 is 6.08. The van der Waals surface area contributed by atoms with Crippen LogP contribution in [-0.2, 0) is 10.0 Å². The minimum absolute atomic E-state index is 0.000286. The van der Waals surface area contributed by atoms with Gasteiger partial charge in [0.2, 0.25) is 0 Å². The molecule has 0 saturated carbocycles. The third kappa shape index (κ3) is 2.99.